The lowest BCUT2D eigenvalue weighted by molar-refractivity contribution is -0.138. The Hall–Kier alpha value is -3.28. The molecule has 152 valence electrons. The topological polar surface area (TPSA) is 73.0 Å². The molecular weight excluding hydrogens is 368 g/mol. The second-order valence-corrected chi connectivity index (χ2v) is 7.01. The fraction of sp³-hybridized carbons (Fsp3) is 0.304. The van der Waals surface area contributed by atoms with Crippen LogP contribution < -0.4 is 4.74 Å². The molecule has 6 nitrogen and oxygen atoms in total. The molecule has 2 aromatic rings. The van der Waals surface area contributed by atoms with Crippen LogP contribution in [0.5, 0.6) is 5.75 Å². The molecule has 1 aromatic carbocycles. The van der Waals surface area contributed by atoms with Crippen molar-refractivity contribution in [2.75, 3.05) is 13.7 Å². The number of aliphatic imine (C=N–C) groups is 1. The maximum absolute atomic E-state index is 12.1. The van der Waals surface area contributed by atoms with Crippen LogP contribution >= 0.6 is 0 Å². The summed E-state index contributed by atoms with van der Waals surface area (Å²) in [5.74, 6) is 0.0576. The SMILES string of the molecule is CCOC(=O)C1=C(O)C(=Cc2cc(C)n(-c3cc(C)ccc3OC)c2C)N=C1C. The maximum atomic E-state index is 12.1. The minimum Gasteiger partial charge on any atom is -0.505 e. The van der Waals surface area contributed by atoms with Crippen molar-refractivity contribution < 1.29 is 19.4 Å². The van der Waals surface area contributed by atoms with E-state index in [0.717, 1.165) is 34.0 Å². The van der Waals surface area contributed by atoms with Crippen molar-refractivity contribution in [3.05, 3.63) is 63.8 Å². The van der Waals surface area contributed by atoms with E-state index in [0.29, 0.717) is 11.4 Å². The van der Waals surface area contributed by atoms with E-state index in [1.807, 2.05) is 39.0 Å². The van der Waals surface area contributed by atoms with Gasteiger partial charge in [0.1, 0.15) is 17.0 Å². The molecule has 29 heavy (non-hydrogen) atoms. The number of aliphatic hydroxyl groups is 1. The second-order valence-electron chi connectivity index (χ2n) is 7.01. The van der Waals surface area contributed by atoms with Crippen molar-refractivity contribution in [3.8, 4) is 11.4 Å². The van der Waals surface area contributed by atoms with Crippen LogP contribution in [0.2, 0.25) is 0 Å². The quantitative estimate of drug-likeness (QED) is 0.752. The molecule has 0 fully saturated rings. The van der Waals surface area contributed by atoms with Crippen LogP contribution in [-0.4, -0.2) is 35.1 Å². The zero-order chi connectivity index (χ0) is 21.3. The van der Waals surface area contributed by atoms with E-state index >= 15 is 0 Å². The first-order chi connectivity index (χ1) is 13.8. The number of hydrogen-bond acceptors (Lipinski definition) is 5. The summed E-state index contributed by atoms with van der Waals surface area (Å²) in [5.41, 5.74) is 5.88. The van der Waals surface area contributed by atoms with Crippen LogP contribution in [0.15, 0.2) is 46.3 Å². The Morgan fingerprint density at radius 2 is 1.93 bits per heavy atom. The highest BCUT2D eigenvalue weighted by molar-refractivity contribution is 6.22. The van der Waals surface area contributed by atoms with Crippen LogP contribution in [0, 0.1) is 20.8 Å². The highest BCUT2D eigenvalue weighted by Crippen LogP contribution is 2.32. The number of rotatable bonds is 5. The fourth-order valence-corrected chi connectivity index (χ4v) is 3.56. The first-order valence-corrected chi connectivity index (χ1v) is 9.50. The lowest BCUT2D eigenvalue weighted by atomic mass is 10.1. The molecule has 0 unspecified atom stereocenters. The number of aromatic nitrogens is 1. The largest absolute Gasteiger partial charge is 0.505 e. The molecule has 0 saturated carbocycles. The van der Waals surface area contributed by atoms with Crippen molar-refractivity contribution in [2.45, 2.75) is 34.6 Å². The average Bonchev–Trinajstić information content (AvgIpc) is 3.10. The van der Waals surface area contributed by atoms with Gasteiger partial charge in [0.05, 0.1) is 25.1 Å². The molecule has 0 atom stereocenters. The molecule has 1 aliphatic heterocycles. The number of methoxy groups -OCH3 is 1. The number of ether oxygens (including phenoxy) is 2. The molecule has 0 radical (unpaired) electrons. The first-order valence-electron chi connectivity index (χ1n) is 9.50. The zero-order valence-corrected chi connectivity index (χ0v) is 17.7. The average molecular weight is 394 g/mol. The number of nitrogens with zero attached hydrogens (tertiary/aromatic N) is 2. The third-order valence-electron chi connectivity index (χ3n) is 4.95. The predicted molar refractivity (Wildman–Crippen MR) is 114 cm³/mol. The van der Waals surface area contributed by atoms with Gasteiger partial charge in [0.2, 0.25) is 0 Å². The third-order valence-corrected chi connectivity index (χ3v) is 4.95. The van der Waals surface area contributed by atoms with Gasteiger partial charge in [0.15, 0.2) is 5.76 Å². The first kappa shape index (κ1) is 20.5. The van der Waals surface area contributed by atoms with Crippen LogP contribution in [0.25, 0.3) is 11.8 Å². The van der Waals surface area contributed by atoms with E-state index in [-0.39, 0.29) is 17.9 Å². The minimum atomic E-state index is -0.565. The molecule has 0 aliphatic carbocycles. The summed E-state index contributed by atoms with van der Waals surface area (Å²) in [5, 5.41) is 10.5. The summed E-state index contributed by atoms with van der Waals surface area (Å²) in [6.07, 6.45) is 1.78. The Balaban J connectivity index is 2.09. The molecule has 3 rings (SSSR count). The van der Waals surface area contributed by atoms with Gasteiger partial charge in [-0.3, -0.25) is 0 Å². The minimum absolute atomic E-state index is 0.118. The number of esters is 1. The zero-order valence-electron chi connectivity index (χ0n) is 17.7. The predicted octanol–water partition coefficient (Wildman–Crippen LogP) is 4.60. The Kier molecular flexibility index (Phi) is 5.64. The van der Waals surface area contributed by atoms with Gasteiger partial charge in [-0.05, 0) is 70.0 Å². The Morgan fingerprint density at radius 1 is 1.21 bits per heavy atom. The number of hydrogen-bond donors (Lipinski definition) is 1. The van der Waals surface area contributed by atoms with E-state index in [1.165, 1.54) is 0 Å². The van der Waals surface area contributed by atoms with Crippen molar-refractivity contribution in [2.24, 2.45) is 4.99 Å². The summed E-state index contributed by atoms with van der Waals surface area (Å²) in [4.78, 5) is 16.5. The number of aliphatic hydroxyl groups excluding tert-OH is 1. The van der Waals surface area contributed by atoms with Crippen molar-refractivity contribution in [1.29, 1.82) is 0 Å². The third kappa shape index (κ3) is 3.70. The van der Waals surface area contributed by atoms with Crippen molar-refractivity contribution in [3.63, 3.8) is 0 Å². The van der Waals surface area contributed by atoms with E-state index in [9.17, 15) is 9.90 Å². The standard InChI is InChI=1S/C23H26N2O4/c1-7-29-23(27)21-15(4)24-18(22(21)26)12-17-11-14(3)25(16(17)5)19-10-13(2)8-9-20(19)28-6/h8-12,26H,7H2,1-6H3. The van der Waals surface area contributed by atoms with Gasteiger partial charge in [0.25, 0.3) is 0 Å². The Labute approximate surface area is 170 Å². The van der Waals surface area contributed by atoms with Gasteiger partial charge in [-0.2, -0.15) is 0 Å². The van der Waals surface area contributed by atoms with Gasteiger partial charge in [-0.25, -0.2) is 9.79 Å². The molecular formula is C23H26N2O4. The highest BCUT2D eigenvalue weighted by Gasteiger charge is 2.28. The molecule has 0 bridgehead atoms. The smallest absolute Gasteiger partial charge is 0.343 e. The molecule has 6 heteroatoms. The highest BCUT2D eigenvalue weighted by atomic mass is 16.5. The fourth-order valence-electron chi connectivity index (χ4n) is 3.56. The number of aryl methyl sites for hydroxylation is 2. The lowest BCUT2D eigenvalue weighted by Gasteiger charge is -2.14. The number of carbonyl (C=O) groups excluding carboxylic acids is 1. The van der Waals surface area contributed by atoms with Crippen LogP contribution in [0.1, 0.15) is 36.4 Å². The summed E-state index contributed by atoms with van der Waals surface area (Å²) < 4.78 is 12.7. The van der Waals surface area contributed by atoms with E-state index in [4.69, 9.17) is 9.47 Å². The van der Waals surface area contributed by atoms with Gasteiger partial charge < -0.3 is 19.1 Å². The van der Waals surface area contributed by atoms with Gasteiger partial charge >= 0.3 is 5.97 Å². The van der Waals surface area contributed by atoms with E-state index < -0.39 is 5.97 Å². The monoisotopic (exact) mass is 394 g/mol. The molecule has 0 saturated heterocycles. The molecule has 1 aromatic heterocycles. The summed E-state index contributed by atoms with van der Waals surface area (Å²) in [7, 11) is 1.65. The molecule has 1 aliphatic rings. The van der Waals surface area contributed by atoms with E-state index in [2.05, 4.69) is 15.6 Å². The van der Waals surface area contributed by atoms with Gasteiger partial charge in [-0.1, -0.05) is 6.07 Å². The molecule has 0 spiro atoms. The van der Waals surface area contributed by atoms with Crippen molar-refractivity contribution >= 4 is 17.8 Å². The molecule has 1 N–H and O–H groups in total. The van der Waals surface area contributed by atoms with Crippen LogP contribution in [0.4, 0.5) is 0 Å². The van der Waals surface area contributed by atoms with E-state index in [1.54, 1.807) is 27.0 Å². The summed E-state index contributed by atoms with van der Waals surface area (Å²) in [6, 6.07) is 8.05. The Morgan fingerprint density at radius 3 is 2.59 bits per heavy atom. The summed E-state index contributed by atoms with van der Waals surface area (Å²) >= 11 is 0. The molecule has 0 amide bonds. The van der Waals surface area contributed by atoms with Gasteiger partial charge in [-0.15, -0.1) is 0 Å². The molecule has 2 heterocycles. The number of benzene rings is 1. The second kappa shape index (κ2) is 7.99. The summed E-state index contributed by atoms with van der Waals surface area (Å²) in [6.45, 7) is 9.70. The number of carbonyl (C=O) groups is 1. The maximum Gasteiger partial charge on any atom is 0.343 e. The van der Waals surface area contributed by atoms with Crippen LogP contribution in [0.3, 0.4) is 0 Å². The van der Waals surface area contributed by atoms with Gasteiger partial charge in [0, 0.05) is 11.4 Å². The lowest BCUT2D eigenvalue weighted by Crippen LogP contribution is -2.13. The van der Waals surface area contributed by atoms with Crippen molar-refractivity contribution in [1.82, 2.24) is 4.57 Å². The van der Waals surface area contributed by atoms with Crippen LogP contribution in [-0.2, 0) is 9.53 Å². The normalized spacial score (nSPS) is 15.1. The Bertz CT molecular complexity index is 1070.